The predicted octanol–water partition coefficient (Wildman–Crippen LogP) is 4.53. The third-order valence-corrected chi connectivity index (χ3v) is 12.2. The molecule has 8 heteroatoms. The molecule has 1 spiro atoms. The molecule has 41 heavy (non-hydrogen) atoms. The van der Waals surface area contributed by atoms with Gasteiger partial charge in [0, 0.05) is 43.0 Å². The lowest BCUT2D eigenvalue weighted by Gasteiger charge is -2.60. The van der Waals surface area contributed by atoms with Crippen molar-refractivity contribution >= 4 is 16.0 Å². The zero-order valence-electron chi connectivity index (χ0n) is 24.4. The Bertz CT molecular complexity index is 1430. The van der Waals surface area contributed by atoms with E-state index in [0.717, 1.165) is 56.5 Å². The van der Waals surface area contributed by atoms with Gasteiger partial charge in [-0.3, -0.25) is 9.69 Å². The summed E-state index contributed by atoms with van der Waals surface area (Å²) in [5.41, 5.74) is 3.39. The average Bonchev–Trinajstić information content (AvgIpc) is 3.54. The molecule has 220 valence electrons. The maximum absolute atomic E-state index is 14.1. The fraction of sp³-hybridized carbons (Fsp3) is 0.606. The van der Waals surface area contributed by atoms with Crippen molar-refractivity contribution in [2.24, 2.45) is 17.8 Å². The molecule has 0 radical (unpaired) electrons. The SMILES string of the molecule is CC(=O)OC1CC1CN1CC[C@]23c4c5cccc4O[C@H]2[C@@H](N(CC(C)C)S(=O)(=O)Cc2ccccc2)CC[C@H]3[C@H]1C5. The molecule has 2 saturated carbocycles. The lowest BCUT2D eigenvalue weighted by atomic mass is 9.51. The summed E-state index contributed by atoms with van der Waals surface area (Å²) in [7, 11) is -3.57. The van der Waals surface area contributed by atoms with Gasteiger partial charge in [0.1, 0.15) is 18.0 Å². The number of ether oxygens (including phenoxy) is 2. The van der Waals surface area contributed by atoms with Crippen LogP contribution in [0, 0.1) is 17.8 Å². The van der Waals surface area contributed by atoms with Gasteiger partial charge in [-0.2, -0.15) is 4.31 Å². The number of nitrogens with zero attached hydrogens (tertiary/aromatic N) is 2. The molecule has 5 aliphatic rings. The topological polar surface area (TPSA) is 76.2 Å². The molecule has 1 saturated heterocycles. The highest BCUT2D eigenvalue weighted by molar-refractivity contribution is 7.88. The Morgan fingerprint density at radius 3 is 2.71 bits per heavy atom. The van der Waals surface area contributed by atoms with E-state index in [0.29, 0.717) is 24.4 Å². The Labute approximate surface area is 244 Å². The molecule has 2 aliphatic heterocycles. The molecule has 0 N–H and O–H groups in total. The number of piperidine rings is 1. The highest BCUT2D eigenvalue weighted by Gasteiger charge is 2.66. The summed E-state index contributed by atoms with van der Waals surface area (Å²) in [6.07, 6.45) is 4.61. The number of carbonyl (C=O) groups excluding carboxylic acids is 1. The third kappa shape index (κ3) is 4.61. The van der Waals surface area contributed by atoms with E-state index in [1.165, 1.54) is 18.1 Å². The fourth-order valence-electron chi connectivity index (χ4n) is 8.84. The average molecular weight is 579 g/mol. The monoisotopic (exact) mass is 578 g/mol. The number of benzene rings is 2. The zero-order chi connectivity index (χ0) is 28.5. The van der Waals surface area contributed by atoms with Gasteiger partial charge in [0.2, 0.25) is 10.0 Å². The molecule has 0 aromatic heterocycles. The number of esters is 1. The van der Waals surface area contributed by atoms with Gasteiger partial charge in [0.05, 0.1) is 11.8 Å². The summed E-state index contributed by atoms with van der Waals surface area (Å²) >= 11 is 0. The van der Waals surface area contributed by atoms with Crippen LogP contribution in [0.4, 0.5) is 0 Å². The van der Waals surface area contributed by atoms with Gasteiger partial charge < -0.3 is 9.47 Å². The summed E-state index contributed by atoms with van der Waals surface area (Å²) in [6, 6.07) is 16.2. The van der Waals surface area contributed by atoms with Crippen LogP contribution >= 0.6 is 0 Å². The van der Waals surface area contributed by atoms with Crippen LogP contribution in [-0.4, -0.2) is 67.5 Å². The van der Waals surface area contributed by atoms with E-state index >= 15 is 0 Å². The highest BCUT2D eigenvalue weighted by atomic mass is 32.2. The summed E-state index contributed by atoms with van der Waals surface area (Å²) in [4.78, 5) is 14.2. The van der Waals surface area contributed by atoms with Crippen molar-refractivity contribution in [3.63, 3.8) is 0 Å². The maximum atomic E-state index is 14.1. The van der Waals surface area contributed by atoms with E-state index in [2.05, 4.69) is 36.9 Å². The minimum Gasteiger partial charge on any atom is -0.487 e. The van der Waals surface area contributed by atoms with Crippen molar-refractivity contribution in [3.05, 3.63) is 65.2 Å². The van der Waals surface area contributed by atoms with Gasteiger partial charge in [-0.25, -0.2) is 8.42 Å². The van der Waals surface area contributed by atoms with Crippen LogP contribution in [0.2, 0.25) is 0 Å². The molecule has 7 nitrogen and oxygen atoms in total. The number of likely N-dealkylation sites (tertiary alicyclic amines) is 1. The first kappa shape index (κ1) is 27.4. The molecule has 2 aromatic carbocycles. The number of rotatable bonds is 9. The standard InChI is InChI=1S/C33H42N2O5S/c1-21(2)18-35(41(37,38)20-23-8-5-4-6-9-23)27-13-12-26-28-16-24-10-7-11-29-31(24)33(26,32(27)40-29)14-15-34(28)19-25-17-30(25)39-22(3)36/h4-11,21,25-28,30,32H,12-20H2,1-3H3/t25?,26-,27-,28+,30?,32-,33-/m0/s1. The Balaban J connectivity index is 1.22. The second-order valence-corrected chi connectivity index (χ2v) is 15.4. The van der Waals surface area contributed by atoms with Crippen LogP contribution in [0.1, 0.15) is 63.1 Å². The number of sulfonamides is 1. The molecule has 2 unspecified atom stereocenters. The Morgan fingerprint density at radius 1 is 1.15 bits per heavy atom. The number of hydrogen-bond donors (Lipinski definition) is 0. The van der Waals surface area contributed by atoms with E-state index < -0.39 is 10.0 Å². The number of carbonyl (C=O) groups is 1. The van der Waals surface area contributed by atoms with Crippen LogP contribution < -0.4 is 4.74 Å². The fourth-order valence-corrected chi connectivity index (χ4v) is 10.8. The molecular formula is C33H42N2O5S. The third-order valence-electron chi connectivity index (χ3n) is 10.4. The van der Waals surface area contributed by atoms with Crippen molar-refractivity contribution in [2.45, 2.75) is 88.3 Å². The molecule has 3 aliphatic carbocycles. The quantitative estimate of drug-likeness (QED) is 0.407. The molecule has 2 aromatic rings. The van der Waals surface area contributed by atoms with E-state index in [9.17, 15) is 13.2 Å². The molecule has 0 amide bonds. The van der Waals surface area contributed by atoms with Gasteiger partial charge in [-0.15, -0.1) is 0 Å². The normalized spacial score (nSPS) is 33.4. The summed E-state index contributed by atoms with van der Waals surface area (Å²) in [5, 5.41) is 0. The van der Waals surface area contributed by atoms with Gasteiger partial charge in [-0.05, 0) is 67.7 Å². The van der Waals surface area contributed by atoms with Crippen LogP contribution in [0.15, 0.2) is 48.5 Å². The molecule has 7 atom stereocenters. The van der Waals surface area contributed by atoms with Crippen LogP contribution in [0.5, 0.6) is 5.75 Å². The first-order valence-electron chi connectivity index (χ1n) is 15.4. The van der Waals surface area contributed by atoms with Crippen LogP contribution in [-0.2, 0) is 37.1 Å². The number of hydrogen-bond acceptors (Lipinski definition) is 6. The van der Waals surface area contributed by atoms with Gasteiger partial charge >= 0.3 is 5.97 Å². The van der Waals surface area contributed by atoms with Crippen LogP contribution in [0.25, 0.3) is 0 Å². The first-order chi connectivity index (χ1) is 19.7. The minimum atomic E-state index is -3.57. The second-order valence-electron chi connectivity index (χ2n) is 13.5. The largest absolute Gasteiger partial charge is 0.487 e. The van der Waals surface area contributed by atoms with E-state index in [1.807, 2.05) is 34.6 Å². The molecule has 7 rings (SSSR count). The van der Waals surface area contributed by atoms with Gasteiger partial charge in [-0.1, -0.05) is 56.3 Å². The summed E-state index contributed by atoms with van der Waals surface area (Å²) < 4.78 is 42.5. The lowest BCUT2D eigenvalue weighted by molar-refractivity contribution is -0.142. The Kier molecular flexibility index (Phi) is 6.75. The highest BCUT2D eigenvalue weighted by Crippen LogP contribution is 2.63. The van der Waals surface area contributed by atoms with E-state index in [-0.39, 0.29) is 41.3 Å². The van der Waals surface area contributed by atoms with E-state index in [1.54, 1.807) is 0 Å². The van der Waals surface area contributed by atoms with Gasteiger partial charge in [0.15, 0.2) is 0 Å². The van der Waals surface area contributed by atoms with Crippen molar-refractivity contribution in [1.82, 2.24) is 9.21 Å². The lowest BCUT2D eigenvalue weighted by Crippen LogP contribution is -2.69. The Morgan fingerprint density at radius 2 is 1.95 bits per heavy atom. The Hall–Kier alpha value is -2.42. The van der Waals surface area contributed by atoms with Gasteiger partial charge in [0.25, 0.3) is 0 Å². The van der Waals surface area contributed by atoms with Crippen molar-refractivity contribution in [1.29, 1.82) is 0 Å². The van der Waals surface area contributed by atoms with Crippen molar-refractivity contribution in [3.8, 4) is 5.75 Å². The van der Waals surface area contributed by atoms with Crippen molar-refractivity contribution in [2.75, 3.05) is 19.6 Å². The molecular weight excluding hydrogens is 536 g/mol. The van der Waals surface area contributed by atoms with Crippen molar-refractivity contribution < 1.29 is 22.7 Å². The van der Waals surface area contributed by atoms with E-state index in [4.69, 9.17) is 9.47 Å². The predicted molar refractivity (Wildman–Crippen MR) is 157 cm³/mol. The minimum absolute atomic E-state index is 0.0136. The molecule has 3 fully saturated rings. The summed E-state index contributed by atoms with van der Waals surface area (Å²) in [6.45, 7) is 8.13. The molecule has 2 heterocycles. The maximum Gasteiger partial charge on any atom is 0.302 e. The van der Waals surface area contributed by atoms with Crippen LogP contribution in [0.3, 0.4) is 0 Å². The zero-order valence-corrected chi connectivity index (χ0v) is 25.2. The first-order valence-corrected chi connectivity index (χ1v) is 17.0. The second kappa shape index (κ2) is 10.1. The smallest absolute Gasteiger partial charge is 0.302 e. The summed E-state index contributed by atoms with van der Waals surface area (Å²) in [5.74, 6) is 1.85. The molecule has 2 bridgehead atoms.